The van der Waals surface area contributed by atoms with Gasteiger partial charge in [-0.25, -0.2) is 15.0 Å². The Hall–Kier alpha value is -4.37. The van der Waals surface area contributed by atoms with Gasteiger partial charge in [0.15, 0.2) is 17.5 Å². The minimum Gasteiger partial charge on any atom is -0.208 e. The van der Waals surface area contributed by atoms with Crippen molar-refractivity contribution in [2.24, 2.45) is 0 Å². The molecular formula is C35H29N3. The monoisotopic (exact) mass is 491 g/mol. The molecule has 1 aromatic heterocycles. The molecule has 0 saturated carbocycles. The maximum atomic E-state index is 5.15. The number of aromatic nitrogens is 3. The lowest BCUT2D eigenvalue weighted by Gasteiger charge is -2.17. The summed E-state index contributed by atoms with van der Waals surface area (Å²) in [6.45, 7) is 8.52. The molecule has 0 aliphatic heterocycles. The molecule has 0 saturated heterocycles. The van der Waals surface area contributed by atoms with Crippen molar-refractivity contribution >= 4 is 10.8 Å². The predicted octanol–water partition coefficient (Wildman–Crippen LogP) is 8.57. The molecule has 0 fully saturated rings. The standard InChI is InChI=1S/C35H29N3/c1-20-10-7-11-21(2)30(20)34-36-33(37-35(38-34)31-22(3)12-8-13-23(31)4)29-19-18-28-25-15-6-5-14-24(25)26-16-9-17-27(29)32(26)28/h5-19,24-25H,1-4H3. The number of fused-ring (bicyclic) bond motifs is 3. The molecule has 1 heterocycles. The van der Waals surface area contributed by atoms with Gasteiger partial charge in [0, 0.05) is 28.5 Å². The van der Waals surface area contributed by atoms with Gasteiger partial charge in [-0.1, -0.05) is 91.0 Å². The smallest absolute Gasteiger partial charge is 0.164 e. The van der Waals surface area contributed by atoms with Crippen molar-refractivity contribution in [3.05, 3.63) is 124 Å². The average molecular weight is 492 g/mol. The quantitative estimate of drug-likeness (QED) is 0.254. The van der Waals surface area contributed by atoms with Gasteiger partial charge in [-0.15, -0.1) is 0 Å². The van der Waals surface area contributed by atoms with E-state index >= 15 is 0 Å². The van der Waals surface area contributed by atoms with Gasteiger partial charge in [0.1, 0.15) is 0 Å². The fraction of sp³-hybridized carbons (Fsp3) is 0.171. The first-order valence-corrected chi connectivity index (χ1v) is 13.3. The summed E-state index contributed by atoms with van der Waals surface area (Å²) in [5.74, 6) is 2.96. The Morgan fingerprint density at radius 3 is 1.53 bits per heavy atom. The van der Waals surface area contributed by atoms with Gasteiger partial charge in [-0.3, -0.25) is 0 Å². The molecule has 0 bridgehead atoms. The topological polar surface area (TPSA) is 38.7 Å². The first-order valence-electron chi connectivity index (χ1n) is 13.3. The number of hydrogen-bond donors (Lipinski definition) is 0. The maximum Gasteiger partial charge on any atom is 0.164 e. The molecule has 4 aromatic carbocycles. The number of benzene rings is 4. The fourth-order valence-corrected chi connectivity index (χ4v) is 6.47. The van der Waals surface area contributed by atoms with Crippen LogP contribution in [0.5, 0.6) is 0 Å². The van der Waals surface area contributed by atoms with E-state index in [4.69, 9.17) is 15.0 Å². The van der Waals surface area contributed by atoms with E-state index in [9.17, 15) is 0 Å². The Bertz CT molecular complexity index is 1690. The summed E-state index contributed by atoms with van der Waals surface area (Å²) in [7, 11) is 0. The average Bonchev–Trinajstić information content (AvgIpc) is 3.24. The van der Waals surface area contributed by atoms with Crippen LogP contribution in [0.4, 0.5) is 0 Å². The van der Waals surface area contributed by atoms with E-state index in [1.165, 1.54) is 21.9 Å². The normalized spacial score (nSPS) is 17.3. The Balaban J connectivity index is 1.53. The molecule has 0 spiro atoms. The number of nitrogens with zero attached hydrogens (tertiary/aromatic N) is 3. The number of rotatable bonds is 3. The van der Waals surface area contributed by atoms with Crippen molar-refractivity contribution in [3.8, 4) is 34.2 Å². The fourth-order valence-electron chi connectivity index (χ4n) is 6.47. The van der Waals surface area contributed by atoms with Gasteiger partial charge in [-0.05, 0) is 71.8 Å². The van der Waals surface area contributed by atoms with E-state index in [1.807, 2.05) is 0 Å². The van der Waals surface area contributed by atoms with Crippen LogP contribution in [0.15, 0.2) is 91.0 Å². The minimum absolute atomic E-state index is 0.391. The zero-order chi connectivity index (χ0) is 26.0. The van der Waals surface area contributed by atoms with Crippen molar-refractivity contribution in [3.63, 3.8) is 0 Å². The van der Waals surface area contributed by atoms with Crippen LogP contribution in [0.2, 0.25) is 0 Å². The van der Waals surface area contributed by atoms with Gasteiger partial charge >= 0.3 is 0 Å². The molecule has 7 rings (SSSR count). The third kappa shape index (κ3) is 3.39. The molecule has 2 aliphatic rings. The van der Waals surface area contributed by atoms with Crippen molar-refractivity contribution in [1.29, 1.82) is 0 Å². The third-order valence-electron chi connectivity index (χ3n) is 8.24. The second-order valence-corrected chi connectivity index (χ2v) is 10.6. The molecule has 3 heteroatoms. The summed E-state index contributed by atoms with van der Waals surface area (Å²) >= 11 is 0. The molecule has 2 atom stereocenters. The van der Waals surface area contributed by atoms with Gasteiger partial charge in [-0.2, -0.15) is 0 Å². The first kappa shape index (κ1) is 22.8. The van der Waals surface area contributed by atoms with Gasteiger partial charge in [0.05, 0.1) is 0 Å². The summed E-state index contributed by atoms with van der Waals surface area (Å²) < 4.78 is 0. The summed E-state index contributed by atoms with van der Waals surface area (Å²) in [5.41, 5.74) is 10.7. The summed E-state index contributed by atoms with van der Waals surface area (Å²) in [6, 6.07) is 23.9. The van der Waals surface area contributed by atoms with Crippen molar-refractivity contribution in [1.82, 2.24) is 15.0 Å². The highest BCUT2D eigenvalue weighted by Gasteiger charge is 2.33. The lowest BCUT2D eigenvalue weighted by Crippen LogP contribution is -2.04. The van der Waals surface area contributed by atoms with E-state index in [2.05, 4.69) is 119 Å². The van der Waals surface area contributed by atoms with Gasteiger partial charge in [0.2, 0.25) is 0 Å². The first-order chi connectivity index (χ1) is 18.5. The van der Waals surface area contributed by atoms with E-state index in [0.29, 0.717) is 11.8 Å². The largest absolute Gasteiger partial charge is 0.208 e. The van der Waals surface area contributed by atoms with Crippen LogP contribution in [0.25, 0.3) is 44.9 Å². The van der Waals surface area contributed by atoms with E-state index in [-0.39, 0.29) is 0 Å². The molecule has 184 valence electrons. The van der Waals surface area contributed by atoms with E-state index in [1.54, 1.807) is 0 Å². The van der Waals surface area contributed by atoms with Gasteiger partial charge < -0.3 is 0 Å². The summed E-state index contributed by atoms with van der Waals surface area (Å²) in [4.78, 5) is 15.4. The summed E-state index contributed by atoms with van der Waals surface area (Å²) in [6.07, 6.45) is 9.01. The highest BCUT2D eigenvalue weighted by Crippen LogP contribution is 2.51. The molecule has 5 aromatic rings. The predicted molar refractivity (Wildman–Crippen MR) is 156 cm³/mol. The van der Waals surface area contributed by atoms with Crippen LogP contribution in [0.1, 0.15) is 45.2 Å². The molecule has 0 radical (unpaired) electrons. The number of hydrogen-bond acceptors (Lipinski definition) is 3. The van der Waals surface area contributed by atoms with Gasteiger partial charge in [0.25, 0.3) is 0 Å². The van der Waals surface area contributed by atoms with Crippen molar-refractivity contribution in [2.45, 2.75) is 39.5 Å². The SMILES string of the molecule is Cc1cccc(C)c1-c1nc(-c2c(C)cccc2C)nc(-c2ccc3c4c(cccc24)C2C=CC=CC32)n1. The lowest BCUT2D eigenvalue weighted by molar-refractivity contribution is 0.769. The van der Waals surface area contributed by atoms with Crippen LogP contribution < -0.4 is 0 Å². The van der Waals surface area contributed by atoms with Crippen LogP contribution in [-0.2, 0) is 0 Å². The Morgan fingerprint density at radius 1 is 0.500 bits per heavy atom. The maximum absolute atomic E-state index is 5.15. The Morgan fingerprint density at radius 2 is 0.974 bits per heavy atom. The molecule has 0 N–H and O–H groups in total. The van der Waals surface area contributed by atoms with Crippen LogP contribution >= 0.6 is 0 Å². The highest BCUT2D eigenvalue weighted by molar-refractivity contribution is 6.02. The van der Waals surface area contributed by atoms with Crippen molar-refractivity contribution in [2.75, 3.05) is 0 Å². The van der Waals surface area contributed by atoms with Crippen LogP contribution in [0, 0.1) is 27.7 Å². The second kappa shape index (κ2) is 8.59. The Kier molecular flexibility index (Phi) is 5.16. The van der Waals surface area contributed by atoms with Crippen molar-refractivity contribution < 1.29 is 0 Å². The number of allylic oxidation sites excluding steroid dienone is 4. The van der Waals surface area contributed by atoms with E-state index < -0.39 is 0 Å². The molecular weight excluding hydrogens is 462 g/mol. The molecule has 38 heavy (non-hydrogen) atoms. The van der Waals surface area contributed by atoms with E-state index in [0.717, 1.165) is 56.4 Å². The lowest BCUT2D eigenvalue weighted by atomic mass is 9.86. The third-order valence-corrected chi connectivity index (χ3v) is 8.24. The highest BCUT2D eigenvalue weighted by atomic mass is 15.0. The second-order valence-electron chi connectivity index (χ2n) is 10.6. The zero-order valence-electron chi connectivity index (χ0n) is 22.2. The molecule has 3 nitrogen and oxygen atoms in total. The molecule has 2 unspecified atom stereocenters. The molecule has 0 amide bonds. The zero-order valence-corrected chi connectivity index (χ0v) is 22.2. The molecule has 2 aliphatic carbocycles. The number of aryl methyl sites for hydroxylation is 4. The summed E-state index contributed by atoms with van der Waals surface area (Å²) in [5, 5.41) is 2.56. The van der Waals surface area contributed by atoms with Crippen LogP contribution in [-0.4, -0.2) is 15.0 Å². The Labute approximate surface area is 223 Å². The minimum atomic E-state index is 0.391. The van der Waals surface area contributed by atoms with Crippen LogP contribution in [0.3, 0.4) is 0 Å².